The second-order valence-corrected chi connectivity index (χ2v) is 4.95. The predicted molar refractivity (Wildman–Crippen MR) is 83.4 cm³/mol. The first kappa shape index (κ1) is 18.6. The van der Waals surface area contributed by atoms with Gasteiger partial charge in [0.2, 0.25) is 5.91 Å². The number of hydrogen-bond acceptors (Lipinski definition) is 3. The molecule has 20 heavy (non-hydrogen) atoms. The van der Waals surface area contributed by atoms with Gasteiger partial charge in [-0.15, -0.1) is 12.4 Å². The number of ketones is 1. The Hall–Kier alpha value is -1.39. The number of carbonyl (C=O) groups is 2. The van der Waals surface area contributed by atoms with Crippen molar-refractivity contribution in [1.29, 1.82) is 0 Å². The van der Waals surface area contributed by atoms with Gasteiger partial charge in [0.25, 0.3) is 0 Å². The van der Waals surface area contributed by atoms with Gasteiger partial charge in [-0.05, 0) is 32.4 Å². The molecule has 5 heteroatoms. The highest BCUT2D eigenvalue weighted by atomic mass is 35.5. The Morgan fingerprint density at radius 3 is 2.50 bits per heavy atom. The van der Waals surface area contributed by atoms with Crippen LogP contribution in [0.4, 0.5) is 0 Å². The smallest absolute Gasteiger partial charge is 0.220 e. The fourth-order valence-corrected chi connectivity index (χ4v) is 1.80. The van der Waals surface area contributed by atoms with Crippen LogP contribution in [0.15, 0.2) is 18.2 Å². The molecule has 0 bridgehead atoms. The summed E-state index contributed by atoms with van der Waals surface area (Å²) in [5, 5.41) is 2.75. The number of hydrogen-bond donors (Lipinski definition) is 2. The van der Waals surface area contributed by atoms with Crippen molar-refractivity contribution in [1.82, 2.24) is 5.32 Å². The minimum atomic E-state index is -0.128. The number of amides is 1. The van der Waals surface area contributed by atoms with Crippen molar-refractivity contribution in [3.63, 3.8) is 0 Å². The molecule has 1 aromatic carbocycles. The molecule has 0 radical (unpaired) electrons. The van der Waals surface area contributed by atoms with Crippen molar-refractivity contribution in [2.24, 2.45) is 5.73 Å². The Morgan fingerprint density at radius 2 is 1.90 bits per heavy atom. The van der Waals surface area contributed by atoms with E-state index in [1.165, 1.54) is 0 Å². The Labute approximate surface area is 126 Å². The van der Waals surface area contributed by atoms with Crippen LogP contribution >= 0.6 is 12.4 Å². The maximum Gasteiger partial charge on any atom is 0.220 e. The molecule has 0 aliphatic carbocycles. The molecule has 0 heterocycles. The standard InChI is InChI=1S/C15H22N2O2.ClH/c1-10-4-5-11(2)13(8-10)14(18)6-7-15(19)17-12(3)9-16;/h4-5,8,12H,6-7,9,16H2,1-3H3,(H,17,19);1H/t12-;/m0./s1. The topological polar surface area (TPSA) is 72.2 Å². The Kier molecular flexibility index (Phi) is 8.11. The molecule has 0 unspecified atom stereocenters. The fourth-order valence-electron chi connectivity index (χ4n) is 1.80. The summed E-state index contributed by atoms with van der Waals surface area (Å²) in [6.45, 7) is 6.09. The molecule has 0 aliphatic heterocycles. The quantitative estimate of drug-likeness (QED) is 0.791. The zero-order chi connectivity index (χ0) is 14.4. The number of Topliss-reactive ketones (excluding diaryl/α,β-unsaturated/α-hetero) is 1. The molecule has 1 rings (SSSR count). The van der Waals surface area contributed by atoms with Crippen molar-refractivity contribution in [3.05, 3.63) is 34.9 Å². The third kappa shape index (κ3) is 5.72. The van der Waals surface area contributed by atoms with E-state index in [4.69, 9.17) is 5.73 Å². The lowest BCUT2D eigenvalue weighted by molar-refractivity contribution is -0.121. The van der Waals surface area contributed by atoms with E-state index in [0.717, 1.165) is 11.1 Å². The van der Waals surface area contributed by atoms with E-state index >= 15 is 0 Å². The molecule has 1 amide bonds. The normalized spacial score (nSPS) is 11.4. The van der Waals surface area contributed by atoms with Crippen LogP contribution in [0.5, 0.6) is 0 Å². The van der Waals surface area contributed by atoms with Gasteiger partial charge >= 0.3 is 0 Å². The number of benzene rings is 1. The van der Waals surface area contributed by atoms with Gasteiger partial charge in [0.05, 0.1) is 0 Å². The van der Waals surface area contributed by atoms with Gasteiger partial charge in [0, 0.05) is 31.0 Å². The molecule has 4 nitrogen and oxygen atoms in total. The summed E-state index contributed by atoms with van der Waals surface area (Å²) in [4.78, 5) is 23.7. The SMILES string of the molecule is Cc1ccc(C)c(C(=O)CCC(=O)N[C@@H](C)CN)c1.Cl. The first-order valence-corrected chi connectivity index (χ1v) is 6.54. The van der Waals surface area contributed by atoms with E-state index in [2.05, 4.69) is 5.32 Å². The maximum absolute atomic E-state index is 12.1. The lowest BCUT2D eigenvalue weighted by atomic mass is 9.99. The van der Waals surface area contributed by atoms with Crippen molar-refractivity contribution in [2.75, 3.05) is 6.54 Å². The fraction of sp³-hybridized carbons (Fsp3) is 0.467. The molecule has 1 atom stereocenters. The van der Waals surface area contributed by atoms with E-state index < -0.39 is 0 Å². The first-order chi connectivity index (χ1) is 8.93. The molecule has 0 aliphatic rings. The molecular formula is C15H23ClN2O2. The average molecular weight is 299 g/mol. The van der Waals surface area contributed by atoms with E-state index in [1.807, 2.05) is 39.0 Å². The van der Waals surface area contributed by atoms with Crippen molar-refractivity contribution in [3.8, 4) is 0 Å². The van der Waals surface area contributed by atoms with Gasteiger partial charge in [0.15, 0.2) is 5.78 Å². The van der Waals surface area contributed by atoms with Gasteiger partial charge in [-0.2, -0.15) is 0 Å². The number of carbonyl (C=O) groups excluding carboxylic acids is 2. The van der Waals surface area contributed by atoms with Crippen LogP contribution in [-0.2, 0) is 4.79 Å². The Balaban J connectivity index is 0.00000361. The zero-order valence-electron chi connectivity index (χ0n) is 12.2. The second-order valence-electron chi connectivity index (χ2n) is 4.95. The summed E-state index contributed by atoms with van der Waals surface area (Å²) in [5.74, 6) is -0.117. The maximum atomic E-state index is 12.1. The molecule has 0 saturated heterocycles. The van der Waals surface area contributed by atoms with Crippen molar-refractivity contribution >= 4 is 24.1 Å². The minimum Gasteiger partial charge on any atom is -0.352 e. The molecule has 0 aromatic heterocycles. The van der Waals surface area contributed by atoms with Gasteiger partial charge in [-0.25, -0.2) is 0 Å². The van der Waals surface area contributed by atoms with Crippen molar-refractivity contribution < 1.29 is 9.59 Å². The summed E-state index contributed by atoms with van der Waals surface area (Å²) in [5.41, 5.74) is 8.13. The molecule has 0 spiro atoms. The monoisotopic (exact) mass is 298 g/mol. The molecule has 112 valence electrons. The average Bonchev–Trinajstić information content (AvgIpc) is 2.38. The van der Waals surface area contributed by atoms with Crippen LogP contribution < -0.4 is 11.1 Å². The lowest BCUT2D eigenvalue weighted by Gasteiger charge is -2.11. The van der Waals surface area contributed by atoms with Crippen molar-refractivity contribution in [2.45, 2.75) is 39.7 Å². The van der Waals surface area contributed by atoms with E-state index in [1.54, 1.807) is 0 Å². The summed E-state index contributed by atoms with van der Waals surface area (Å²) in [6, 6.07) is 5.72. The lowest BCUT2D eigenvalue weighted by Crippen LogP contribution is -2.37. The minimum absolute atomic E-state index is 0. The summed E-state index contributed by atoms with van der Waals surface area (Å²) in [7, 11) is 0. The zero-order valence-corrected chi connectivity index (χ0v) is 13.0. The summed E-state index contributed by atoms with van der Waals surface area (Å²) < 4.78 is 0. The van der Waals surface area contributed by atoms with Gasteiger partial charge < -0.3 is 11.1 Å². The van der Waals surface area contributed by atoms with Crippen LogP contribution in [0.1, 0.15) is 41.3 Å². The third-order valence-electron chi connectivity index (χ3n) is 3.03. The van der Waals surface area contributed by atoms with Gasteiger partial charge in [-0.3, -0.25) is 9.59 Å². The first-order valence-electron chi connectivity index (χ1n) is 6.54. The number of rotatable bonds is 6. The van der Waals surface area contributed by atoms with E-state index in [0.29, 0.717) is 12.1 Å². The molecule has 3 N–H and O–H groups in total. The number of nitrogens with one attached hydrogen (secondary N) is 1. The van der Waals surface area contributed by atoms with Crippen LogP contribution in [0.25, 0.3) is 0 Å². The van der Waals surface area contributed by atoms with E-state index in [-0.39, 0.29) is 43.0 Å². The van der Waals surface area contributed by atoms with E-state index in [9.17, 15) is 9.59 Å². The highest BCUT2D eigenvalue weighted by molar-refractivity contribution is 5.99. The number of aryl methyl sites for hydroxylation is 2. The Bertz CT molecular complexity index is 475. The molecular weight excluding hydrogens is 276 g/mol. The largest absolute Gasteiger partial charge is 0.352 e. The Morgan fingerprint density at radius 1 is 1.25 bits per heavy atom. The van der Waals surface area contributed by atoms with Crippen LogP contribution in [0.2, 0.25) is 0 Å². The number of halogens is 1. The van der Waals surface area contributed by atoms with Crippen LogP contribution in [0, 0.1) is 13.8 Å². The highest BCUT2D eigenvalue weighted by Crippen LogP contribution is 2.13. The van der Waals surface area contributed by atoms with Crippen LogP contribution in [-0.4, -0.2) is 24.3 Å². The highest BCUT2D eigenvalue weighted by Gasteiger charge is 2.12. The second kappa shape index (κ2) is 8.72. The summed E-state index contributed by atoms with van der Waals surface area (Å²) in [6.07, 6.45) is 0.434. The molecule has 0 fully saturated rings. The van der Waals surface area contributed by atoms with Crippen LogP contribution in [0.3, 0.4) is 0 Å². The molecule has 0 saturated carbocycles. The summed E-state index contributed by atoms with van der Waals surface area (Å²) >= 11 is 0. The molecule has 1 aromatic rings. The predicted octanol–water partition coefficient (Wildman–Crippen LogP) is 2.15. The third-order valence-corrected chi connectivity index (χ3v) is 3.03. The van der Waals surface area contributed by atoms with Gasteiger partial charge in [-0.1, -0.05) is 17.7 Å². The van der Waals surface area contributed by atoms with Gasteiger partial charge in [0.1, 0.15) is 0 Å². The number of nitrogens with two attached hydrogens (primary N) is 1.